The predicted molar refractivity (Wildman–Crippen MR) is 85.9 cm³/mol. The average Bonchev–Trinajstić information content (AvgIpc) is 2.30. The Balaban J connectivity index is 2.56. The molecule has 19 heavy (non-hydrogen) atoms. The van der Waals surface area contributed by atoms with Gasteiger partial charge in [0.05, 0.1) is 6.10 Å². The van der Waals surface area contributed by atoms with Crippen LogP contribution >= 0.6 is 12.2 Å². The number of anilines is 1. The van der Waals surface area contributed by atoms with E-state index in [0.717, 1.165) is 17.9 Å². The maximum absolute atomic E-state index is 5.60. The van der Waals surface area contributed by atoms with Crippen molar-refractivity contribution >= 4 is 23.0 Å². The van der Waals surface area contributed by atoms with Gasteiger partial charge in [0.25, 0.3) is 0 Å². The fourth-order valence-electron chi connectivity index (χ4n) is 1.45. The first-order valence-electron chi connectivity index (χ1n) is 6.68. The number of rotatable bonds is 5. The fourth-order valence-corrected chi connectivity index (χ4v) is 1.84. The zero-order valence-electron chi connectivity index (χ0n) is 12.4. The topological polar surface area (TPSA) is 33.3 Å². The van der Waals surface area contributed by atoms with Crippen LogP contribution in [0.1, 0.15) is 41.0 Å². The minimum absolute atomic E-state index is 0.00474. The van der Waals surface area contributed by atoms with E-state index in [4.69, 9.17) is 17.0 Å². The lowest BCUT2D eigenvalue weighted by Gasteiger charge is -2.26. The van der Waals surface area contributed by atoms with Crippen molar-refractivity contribution in [2.75, 3.05) is 5.32 Å². The normalized spacial score (nSPS) is 11.3. The van der Waals surface area contributed by atoms with Crippen molar-refractivity contribution in [3.8, 4) is 5.75 Å². The first-order chi connectivity index (χ1) is 8.82. The van der Waals surface area contributed by atoms with Gasteiger partial charge >= 0.3 is 0 Å². The minimum Gasteiger partial charge on any atom is -0.491 e. The maximum atomic E-state index is 5.60. The van der Waals surface area contributed by atoms with E-state index in [1.54, 1.807) is 0 Å². The van der Waals surface area contributed by atoms with Gasteiger partial charge in [-0.15, -0.1) is 0 Å². The number of ether oxygens (including phenoxy) is 1. The highest BCUT2D eigenvalue weighted by molar-refractivity contribution is 7.80. The summed E-state index contributed by atoms with van der Waals surface area (Å²) in [6.45, 7) is 10.4. The van der Waals surface area contributed by atoms with Crippen molar-refractivity contribution in [2.24, 2.45) is 0 Å². The molecule has 0 spiro atoms. The highest BCUT2D eigenvalue weighted by atomic mass is 32.1. The van der Waals surface area contributed by atoms with Gasteiger partial charge in [-0.2, -0.15) is 0 Å². The molecule has 0 saturated heterocycles. The van der Waals surface area contributed by atoms with Crippen LogP contribution in [-0.4, -0.2) is 16.8 Å². The Labute approximate surface area is 121 Å². The lowest BCUT2D eigenvalue weighted by atomic mass is 10.0. The summed E-state index contributed by atoms with van der Waals surface area (Å²) < 4.78 is 5.60. The van der Waals surface area contributed by atoms with Crippen LogP contribution < -0.4 is 15.4 Å². The third-order valence-electron chi connectivity index (χ3n) is 2.82. The highest BCUT2D eigenvalue weighted by Crippen LogP contribution is 2.17. The summed E-state index contributed by atoms with van der Waals surface area (Å²) in [6, 6.07) is 7.81. The summed E-state index contributed by atoms with van der Waals surface area (Å²) in [5.41, 5.74) is 0.964. The summed E-state index contributed by atoms with van der Waals surface area (Å²) in [4.78, 5) is 0. The number of benzene rings is 1. The Morgan fingerprint density at radius 2 is 1.84 bits per heavy atom. The number of thiocarbonyl (C=S) groups is 1. The molecular formula is C15H24N2OS. The molecule has 0 unspecified atom stereocenters. The summed E-state index contributed by atoms with van der Waals surface area (Å²) in [5, 5.41) is 7.11. The Kier molecular flexibility index (Phi) is 5.60. The Hall–Kier alpha value is -1.29. The standard InChI is InChI=1S/C15H24N2OS/c1-6-15(4,5)17-14(19)16-12-7-9-13(10-8-12)18-11(2)3/h7-11H,6H2,1-5H3,(H2,16,17,19). The number of hydrogen-bond acceptors (Lipinski definition) is 2. The van der Waals surface area contributed by atoms with Gasteiger partial charge in [0.15, 0.2) is 5.11 Å². The van der Waals surface area contributed by atoms with Gasteiger partial charge in [-0.3, -0.25) is 0 Å². The van der Waals surface area contributed by atoms with Crippen LogP contribution in [0.15, 0.2) is 24.3 Å². The van der Waals surface area contributed by atoms with E-state index in [9.17, 15) is 0 Å². The average molecular weight is 280 g/mol. The van der Waals surface area contributed by atoms with E-state index in [1.807, 2.05) is 38.1 Å². The molecule has 0 heterocycles. The Bertz CT molecular complexity index is 413. The maximum Gasteiger partial charge on any atom is 0.171 e. The molecule has 1 aromatic rings. The van der Waals surface area contributed by atoms with Gasteiger partial charge in [-0.05, 0) is 70.6 Å². The monoisotopic (exact) mass is 280 g/mol. The number of nitrogens with one attached hydrogen (secondary N) is 2. The third kappa shape index (κ3) is 5.92. The van der Waals surface area contributed by atoms with Crippen molar-refractivity contribution in [3.63, 3.8) is 0 Å². The zero-order chi connectivity index (χ0) is 14.5. The van der Waals surface area contributed by atoms with E-state index in [2.05, 4.69) is 31.4 Å². The molecular weight excluding hydrogens is 256 g/mol. The second-order valence-electron chi connectivity index (χ2n) is 5.51. The molecule has 3 nitrogen and oxygen atoms in total. The molecule has 4 heteroatoms. The highest BCUT2D eigenvalue weighted by Gasteiger charge is 2.15. The molecule has 0 atom stereocenters. The SMILES string of the molecule is CCC(C)(C)NC(=S)Nc1ccc(OC(C)C)cc1. The Morgan fingerprint density at radius 1 is 1.26 bits per heavy atom. The fraction of sp³-hybridized carbons (Fsp3) is 0.533. The van der Waals surface area contributed by atoms with Gasteiger partial charge in [-0.25, -0.2) is 0 Å². The van der Waals surface area contributed by atoms with Crippen LogP contribution in [-0.2, 0) is 0 Å². The second kappa shape index (κ2) is 6.75. The lowest BCUT2D eigenvalue weighted by Crippen LogP contribution is -2.44. The lowest BCUT2D eigenvalue weighted by molar-refractivity contribution is 0.242. The summed E-state index contributed by atoms with van der Waals surface area (Å²) >= 11 is 5.30. The van der Waals surface area contributed by atoms with Gasteiger partial charge in [0, 0.05) is 11.2 Å². The van der Waals surface area contributed by atoms with Crippen LogP contribution in [0.25, 0.3) is 0 Å². The molecule has 0 radical (unpaired) electrons. The second-order valence-corrected chi connectivity index (χ2v) is 5.92. The summed E-state index contributed by atoms with van der Waals surface area (Å²) in [7, 11) is 0. The van der Waals surface area contributed by atoms with Crippen molar-refractivity contribution in [1.29, 1.82) is 0 Å². The Morgan fingerprint density at radius 3 is 2.32 bits per heavy atom. The van der Waals surface area contributed by atoms with E-state index in [-0.39, 0.29) is 11.6 Å². The van der Waals surface area contributed by atoms with Gasteiger partial charge in [-0.1, -0.05) is 6.92 Å². The van der Waals surface area contributed by atoms with Gasteiger partial charge < -0.3 is 15.4 Å². The third-order valence-corrected chi connectivity index (χ3v) is 3.02. The van der Waals surface area contributed by atoms with Crippen molar-refractivity contribution < 1.29 is 4.74 Å². The first-order valence-corrected chi connectivity index (χ1v) is 7.09. The summed E-state index contributed by atoms with van der Waals surface area (Å²) in [6.07, 6.45) is 1.20. The van der Waals surface area contributed by atoms with E-state index in [0.29, 0.717) is 5.11 Å². The predicted octanol–water partition coefficient (Wildman–Crippen LogP) is 3.95. The number of hydrogen-bond donors (Lipinski definition) is 2. The molecule has 0 aliphatic carbocycles. The molecule has 1 aromatic carbocycles. The van der Waals surface area contributed by atoms with E-state index >= 15 is 0 Å². The molecule has 0 aliphatic heterocycles. The molecule has 0 bridgehead atoms. The van der Waals surface area contributed by atoms with Crippen LogP contribution in [0.4, 0.5) is 5.69 Å². The largest absolute Gasteiger partial charge is 0.491 e. The van der Waals surface area contributed by atoms with E-state index < -0.39 is 0 Å². The van der Waals surface area contributed by atoms with Gasteiger partial charge in [0.2, 0.25) is 0 Å². The molecule has 0 amide bonds. The molecule has 0 saturated carbocycles. The molecule has 0 aliphatic rings. The van der Waals surface area contributed by atoms with Crippen LogP contribution in [0.3, 0.4) is 0 Å². The van der Waals surface area contributed by atoms with Crippen molar-refractivity contribution in [3.05, 3.63) is 24.3 Å². The molecule has 1 rings (SSSR count). The minimum atomic E-state index is 0.00474. The molecule has 106 valence electrons. The van der Waals surface area contributed by atoms with Crippen LogP contribution in [0, 0.1) is 0 Å². The smallest absolute Gasteiger partial charge is 0.171 e. The molecule has 0 aromatic heterocycles. The van der Waals surface area contributed by atoms with Crippen LogP contribution in [0.2, 0.25) is 0 Å². The van der Waals surface area contributed by atoms with Gasteiger partial charge in [0.1, 0.15) is 5.75 Å². The molecule has 0 fully saturated rings. The zero-order valence-corrected chi connectivity index (χ0v) is 13.2. The summed E-state index contributed by atoms with van der Waals surface area (Å²) in [5.74, 6) is 0.869. The van der Waals surface area contributed by atoms with Crippen LogP contribution in [0.5, 0.6) is 5.75 Å². The molecule has 2 N–H and O–H groups in total. The van der Waals surface area contributed by atoms with Crippen molar-refractivity contribution in [2.45, 2.75) is 52.7 Å². The quantitative estimate of drug-likeness (QED) is 0.800. The van der Waals surface area contributed by atoms with E-state index in [1.165, 1.54) is 0 Å². The van der Waals surface area contributed by atoms with Crippen molar-refractivity contribution in [1.82, 2.24) is 5.32 Å². The first kappa shape index (κ1) is 15.8.